The van der Waals surface area contributed by atoms with E-state index in [1.807, 2.05) is 24.3 Å². The molecule has 2 amide bonds. The number of benzene rings is 1. The first-order valence-corrected chi connectivity index (χ1v) is 9.88. The highest BCUT2D eigenvalue weighted by Crippen LogP contribution is 2.26. The Balaban J connectivity index is 1.39. The van der Waals surface area contributed by atoms with Crippen molar-refractivity contribution in [1.29, 1.82) is 0 Å². The molecule has 3 aromatic rings. The molecule has 1 unspecified atom stereocenters. The van der Waals surface area contributed by atoms with Gasteiger partial charge in [0.2, 0.25) is 11.8 Å². The van der Waals surface area contributed by atoms with E-state index in [-0.39, 0.29) is 24.2 Å². The summed E-state index contributed by atoms with van der Waals surface area (Å²) in [4.78, 5) is 30.4. The Labute approximate surface area is 174 Å². The third-order valence-corrected chi connectivity index (χ3v) is 5.39. The maximum Gasteiger partial charge on any atom is 0.228 e. The number of ether oxygens (including phenoxy) is 1. The lowest BCUT2D eigenvalue weighted by atomic mass is 9.97. The third-order valence-electron chi connectivity index (χ3n) is 5.39. The number of primary amides is 1. The lowest BCUT2D eigenvalue weighted by Crippen LogP contribution is -2.41. The molecule has 4 rings (SSSR count). The molecule has 0 bridgehead atoms. The standard InChI is InChI=1S/C22H24N4O4/c1-29-17-5-6-18-15(13-30-19(18)10-17)9-21(27)25-16-4-7-20(24-11-16)26-8-2-3-14(12-26)22(23)28/h4-7,10-11,13-14H,2-3,8-9,12H2,1H3,(H2,23,28)(H,25,27). The molecule has 1 atom stereocenters. The minimum absolute atomic E-state index is 0.148. The van der Waals surface area contributed by atoms with E-state index in [4.69, 9.17) is 14.9 Å². The maximum absolute atomic E-state index is 12.5. The number of hydrogen-bond donors (Lipinski definition) is 2. The molecule has 0 spiro atoms. The molecule has 1 saturated heterocycles. The largest absolute Gasteiger partial charge is 0.497 e. The number of pyridine rings is 1. The molecule has 30 heavy (non-hydrogen) atoms. The Kier molecular flexibility index (Phi) is 5.56. The van der Waals surface area contributed by atoms with E-state index in [0.29, 0.717) is 23.6 Å². The molecule has 8 nitrogen and oxygen atoms in total. The molecular weight excluding hydrogens is 384 g/mol. The molecule has 1 aromatic carbocycles. The Bertz CT molecular complexity index is 1060. The van der Waals surface area contributed by atoms with E-state index in [1.54, 1.807) is 25.6 Å². The Morgan fingerprint density at radius 2 is 2.20 bits per heavy atom. The van der Waals surface area contributed by atoms with Crippen LogP contribution in [0.15, 0.2) is 47.2 Å². The van der Waals surface area contributed by atoms with Crippen LogP contribution in [0, 0.1) is 5.92 Å². The summed E-state index contributed by atoms with van der Waals surface area (Å²) in [5, 5.41) is 3.75. The van der Waals surface area contributed by atoms with Crippen molar-refractivity contribution in [2.45, 2.75) is 19.3 Å². The lowest BCUT2D eigenvalue weighted by Gasteiger charge is -2.32. The number of anilines is 2. The number of fused-ring (bicyclic) bond motifs is 1. The summed E-state index contributed by atoms with van der Waals surface area (Å²) < 4.78 is 10.7. The SMILES string of the molecule is COc1ccc2c(CC(=O)Nc3ccc(N4CCCC(C(N)=O)C4)nc3)coc2c1. The van der Waals surface area contributed by atoms with Gasteiger partial charge in [-0.1, -0.05) is 0 Å². The van der Waals surface area contributed by atoms with Crippen molar-refractivity contribution >= 4 is 34.3 Å². The summed E-state index contributed by atoms with van der Waals surface area (Å²) >= 11 is 0. The van der Waals surface area contributed by atoms with Crippen molar-refractivity contribution in [2.24, 2.45) is 11.7 Å². The smallest absolute Gasteiger partial charge is 0.228 e. The van der Waals surface area contributed by atoms with Crippen LogP contribution < -0.4 is 20.7 Å². The van der Waals surface area contributed by atoms with Crippen LogP contribution in [0.5, 0.6) is 5.75 Å². The van der Waals surface area contributed by atoms with Gasteiger partial charge in [0.25, 0.3) is 0 Å². The fraction of sp³-hybridized carbons (Fsp3) is 0.318. The summed E-state index contributed by atoms with van der Waals surface area (Å²) in [5.74, 6) is 0.900. The number of nitrogens with zero attached hydrogens (tertiary/aromatic N) is 2. The van der Waals surface area contributed by atoms with Gasteiger partial charge in [-0.3, -0.25) is 9.59 Å². The van der Waals surface area contributed by atoms with Crippen molar-refractivity contribution in [3.05, 3.63) is 48.4 Å². The van der Waals surface area contributed by atoms with Crippen LogP contribution in [0.2, 0.25) is 0 Å². The molecule has 0 radical (unpaired) electrons. The van der Waals surface area contributed by atoms with Crippen LogP contribution in [-0.2, 0) is 16.0 Å². The number of furan rings is 1. The van der Waals surface area contributed by atoms with Crippen LogP contribution >= 0.6 is 0 Å². The first kappa shape index (κ1) is 19.8. The molecule has 1 aliphatic heterocycles. The molecule has 2 aromatic heterocycles. The number of carbonyl (C=O) groups excluding carboxylic acids is 2. The maximum atomic E-state index is 12.5. The second-order valence-electron chi connectivity index (χ2n) is 7.44. The lowest BCUT2D eigenvalue weighted by molar-refractivity contribution is -0.122. The van der Waals surface area contributed by atoms with Crippen LogP contribution in [-0.4, -0.2) is 37.0 Å². The van der Waals surface area contributed by atoms with Crippen molar-refractivity contribution in [1.82, 2.24) is 4.98 Å². The zero-order valence-electron chi connectivity index (χ0n) is 16.8. The topological polar surface area (TPSA) is 111 Å². The van der Waals surface area contributed by atoms with Crippen molar-refractivity contribution in [3.63, 3.8) is 0 Å². The zero-order valence-corrected chi connectivity index (χ0v) is 16.8. The van der Waals surface area contributed by atoms with Gasteiger partial charge in [0.05, 0.1) is 37.6 Å². The summed E-state index contributed by atoms with van der Waals surface area (Å²) in [6.45, 7) is 1.41. The number of hydrogen-bond acceptors (Lipinski definition) is 6. The van der Waals surface area contributed by atoms with E-state index in [9.17, 15) is 9.59 Å². The molecule has 1 aliphatic rings. The first-order valence-electron chi connectivity index (χ1n) is 9.88. The van der Waals surface area contributed by atoms with Gasteiger partial charge in [0, 0.05) is 30.1 Å². The Morgan fingerprint density at radius 1 is 1.33 bits per heavy atom. The summed E-state index contributed by atoms with van der Waals surface area (Å²) in [7, 11) is 1.60. The van der Waals surface area contributed by atoms with Gasteiger partial charge in [-0.15, -0.1) is 0 Å². The highest BCUT2D eigenvalue weighted by Gasteiger charge is 2.24. The molecule has 156 valence electrons. The van der Waals surface area contributed by atoms with Gasteiger partial charge < -0.3 is 25.1 Å². The van der Waals surface area contributed by atoms with Crippen molar-refractivity contribution in [2.75, 3.05) is 30.4 Å². The zero-order chi connectivity index (χ0) is 21.1. The second-order valence-corrected chi connectivity index (χ2v) is 7.44. The Morgan fingerprint density at radius 3 is 2.93 bits per heavy atom. The van der Waals surface area contributed by atoms with Crippen molar-refractivity contribution < 1.29 is 18.7 Å². The van der Waals surface area contributed by atoms with Crippen molar-refractivity contribution in [3.8, 4) is 5.75 Å². The molecule has 3 heterocycles. The monoisotopic (exact) mass is 408 g/mol. The quantitative estimate of drug-likeness (QED) is 0.649. The van der Waals surface area contributed by atoms with E-state index in [1.165, 1.54) is 0 Å². The van der Waals surface area contributed by atoms with Crippen LogP contribution in [0.3, 0.4) is 0 Å². The number of aromatic nitrogens is 1. The van der Waals surface area contributed by atoms with Gasteiger partial charge in [0.15, 0.2) is 0 Å². The molecule has 3 N–H and O–H groups in total. The van der Waals surface area contributed by atoms with Gasteiger partial charge in [-0.05, 0) is 37.1 Å². The summed E-state index contributed by atoms with van der Waals surface area (Å²) in [5.41, 5.74) is 7.54. The predicted molar refractivity (Wildman–Crippen MR) is 113 cm³/mol. The number of carbonyl (C=O) groups is 2. The normalized spacial score (nSPS) is 16.4. The molecule has 0 aliphatic carbocycles. The third kappa shape index (κ3) is 4.22. The fourth-order valence-corrected chi connectivity index (χ4v) is 3.77. The number of piperidine rings is 1. The highest BCUT2D eigenvalue weighted by molar-refractivity contribution is 5.95. The summed E-state index contributed by atoms with van der Waals surface area (Å²) in [6, 6.07) is 9.17. The van der Waals surface area contributed by atoms with E-state index in [2.05, 4.69) is 15.2 Å². The minimum Gasteiger partial charge on any atom is -0.497 e. The van der Waals surface area contributed by atoms with Gasteiger partial charge >= 0.3 is 0 Å². The minimum atomic E-state index is -0.270. The van der Waals surface area contributed by atoms with E-state index < -0.39 is 0 Å². The number of nitrogens with two attached hydrogens (primary N) is 1. The highest BCUT2D eigenvalue weighted by atomic mass is 16.5. The van der Waals surface area contributed by atoms with Gasteiger partial charge in [-0.2, -0.15) is 0 Å². The summed E-state index contributed by atoms with van der Waals surface area (Å²) in [6.07, 6.45) is 5.12. The molecule has 0 saturated carbocycles. The molecule has 8 heteroatoms. The number of methoxy groups -OCH3 is 1. The van der Waals surface area contributed by atoms with Crippen LogP contribution in [0.25, 0.3) is 11.0 Å². The van der Waals surface area contributed by atoms with Gasteiger partial charge in [-0.25, -0.2) is 4.98 Å². The van der Waals surface area contributed by atoms with E-state index >= 15 is 0 Å². The molecular formula is C22H24N4O4. The number of nitrogens with one attached hydrogen (secondary N) is 1. The molecule has 1 fully saturated rings. The average molecular weight is 408 g/mol. The Hall–Kier alpha value is -3.55. The number of rotatable bonds is 6. The van der Waals surface area contributed by atoms with Crippen LogP contribution in [0.1, 0.15) is 18.4 Å². The average Bonchev–Trinajstić information content (AvgIpc) is 3.16. The fourth-order valence-electron chi connectivity index (χ4n) is 3.77. The first-order chi connectivity index (χ1) is 14.5. The second kappa shape index (κ2) is 8.44. The van der Waals surface area contributed by atoms with Gasteiger partial charge in [0.1, 0.15) is 17.2 Å². The number of amides is 2. The van der Waals surface area contributed by atoms with Crippen LogP contribution in [0.4, 0.5) is 11.5 Å². The van der Waals surface area contributed by atoms with E-state index in [0.717, 1.165) is 36.2 Å². The predicted octanol–water partition coefficient (Wildman–Crippen LogP) is 2.72.